The zero-order valence-electron chi connectivity index (χ0n) is 12.6. The van der Waals surface area contributed by atoms with Gasteiger partial charge in [0.1, 0.15) is 6.54 Å². The molecule has 1 aromatic carbocycles. The Morgan fingerprint density at radius 2 is 2.12 bits per heavy atom. The van der Waals surface area contributed by atoms with Crippen LogP contribution in [0.15, 0.2) is 40.4 Å². The molecule has 2 heterocycles. The molecule has 0 unspecified atom stereocenters. The zero-order valence-corrected chi connectivity index (χ0v) is 13.5. The fraction of sp³-hybridized carbons (Fsp3) is 0.125. The lowest BCUT2D eigenvalue weighted by Crippen LogP contribution is -2.23. The Bertz CT molecular complexity index is 927. The van der Waals surface area contributed by atoms with Gasteiger partial charge in [0.15, 0.2) is 5.17 Å². The smallest absolute Gasteiger partial charge is 0.323 e. The third-order valence-electron chi connectivity index (χ3n) is 3.32. The molecule has 0 spiro atoms. The van der Waals surface area contributed by atoms with Crippen molar-refractivity contribution in [2.75, 3.05) is 0 Å². The van der Waals surface area contributed by atoms with Crippen LogP contribution in [-0.2, 0) is 20.9 Å². The van der Waals surface area contributed by atoms with Crippen molar-refractivity contribution in [2.45, 2.75) is 13.5 Å². The van der Waals surface area contributed by atoms with E-state index < -0.39 is 11.9 Å². The van der Waals surface area contributed by atoms with E-state index in [1.807, 2.05) is 24.3 Å². The molecule has 2 N–H and O–H groups in total. The summed E-state index contributed by atoms with van der Waals surface area (Å²) in [6.07, 6.45) is 3.35. The van der Waals surface area contributed by atoms with Gasteiger partial charge in [-0.3, -0.25) is 14.4 Å². The first-order valence-electron chi connectivity index (χ1n) is 7.04. The highest BCUT2D eigenvalue weighted by atomic mass is 32.2. The Labute approximate surface area is 141 Å². The molecule has 3 rings (SSSR count). The minimum absolute atomic E-state index is 0.168. The lowest BCUT2D eigenvalue weighted by Gasteiger charge is -1.99. The van der Waals surface area contributed by atoms with Crippen molar-refractivity contribution in [1.82, 2.24) is 9.88 Å². The average molecular weight is 343 g/mol. The summed E-state index contributed by atoms with van der Waals surface area (Å²) in [5.41, 5.74) is 1.49. The monoisotopic (exact) mass is 343 g/mol. The number of rotatable bonds is 3. The first-order valence-corrected chi connectivity index (χ1v) is 7.85. The number of nitrogens with one attached hydrogen (secondary N) is 1. The van der Waals surface area contributed by atoms with Crippen molar-refractivity contribution < 1.29 is 19.5 Å². The molecule has 0 saturated carbocycles. The molecule has 0 radical (unpaired) electrons. The molecule has 8 heteroatoms. The van der Waals surface area contributed by atoms with Crippen molar-refractivity contribution in [3.05, 3.63) is 40.9 Å². The number of carbonyl (C=O) groups is 3. The van der Waals surface area contributed by atoms with E-state index in [-0.39, 0.29) is 17.6 Å². The number of thioether (sulfide) groups is 1. The Kier molecular flexibility index (Phi) is 4.22. The maximum Gasteiger partial charge on any atom is 0.323 e. The molecular formula is C16H13N3O4S. The minimum Gasteiger partial charge on any atom is -0.480 e. The number of nitrogens with zero attached hydrogens (tertiary/aromatic N) is 2. The molecule has 2 amide bonds. The van der Waals surface area contributed by atoms with Crippen LogP contribution in [0.2, 0.25) is 0 Å². The van der Waals surface area contributed by atoms with Crippen LogP contribution in [0.4, 0.5) is 0 Å². The van der Waals surface area contributed by atoms with Gasteiger partial charge in [0.2, 0.25) is 5.91 Å². The molecule has 0 aliphatic carbocycles. The quantitative estimate of drug-likeness (QED) is 0.828. The van der Waals surface area contributed by atoms with Crippen molar-refractivity contribution in [3.8, 4) is 0 Å². The van der Waals surface area contributed by atoms with E-state index in [1.54, 1.807) is 16.8 Å². The first kappa shape index (κ1) is 16.0. The summed E-state index contributed by atoms with van der Waals surface area (Å²) in [6.45, 7) is 1.17. The molecule has 0 fully saturated rings. The number of aromatic nitrogens is 1. The number of amides is 2. The number of carbonyl (C=O) groups excluding carboxylic acids is 2. The highest BCUT2D eigenvalue weighted by Crippen LogP contribution is 2.30. The van der Waals surface area contributed by atoms with Crippen LogP contribution in [0.5, 0.6) is 0 Å². The molecule has 1 aliphatic rings. The fourth-order valence-corrected chi connectivity index (χ4v) is 3.27. The maximum atomic E-state index is 12.0. The van der Waals surface area contributed by atoms with E-state index in [0.717, 1.165) is 28.2 Å². The Morgan fingerprint density at radius 3 is 2.83 bits per heavy atom. The van der Waals surface area contributed by atoms with Gasteiger partial charge in [-0.2, -0.15) is 4.99 Å². The second kappa shape index (κ2) is 6.32. The topological polar surface area (TPSA) is 101 Å². The molecule has 122 valence electrons. The molecule has 0 saturated heterocycles. The summed E-state index contributed by atoms with van der Waals surface area (Å²) in [4.78, 5) is 38.2. The molecular weight excluding hydrogens is 330 g/mol. The molecule has 1 aliphatic heterocycles. The normalized spacial score (nSPS) is 15.8. The number of amidine groups is 1. The van der Waals surface area contributed by atoms with E-state index in [1.165, 1.54) is 6.92 Å². The van der Waals surface area contributed by atoms with E-state index in [4.69, 9.17) is 5.11 Å². The number of para-hydroxylation sites is 1. The van der Waals surface area contributed by atoms with Crippen LogP contribution in [0.3, 0.4) is 0 Å². The molecule has 0 bridgehead atoms. The molecule has 2 aromatic rings. The highest BCUT2D eigenvalue weighted by molar-refractivity contribution is 8.18. The number of aliphatic imine (C=N–C) groups is 1. The number of hydrogen-bond acceptors (Lipinski definition) is 4. The summed E-state index contributed by atoms with van der Waals surface area (Å²) in [7, 11) is 0. The highest BCUT2D eigenvalue weighted by Gasteiger charge is 2.23. The van der Waals surface area contributed by atoms with Gasteiger partial charge in [0.05, 0.1) is 4.91 Å². The van der Waals surface area contributed by atoms with Gasteiger partial charge in [-0.1, -0.05) is 18.2 Å². The van der Waals surface area contributed by atoms with Crippen LogP contribution in [0.25, 0.3) is 17.0 Å². The van der Waals surface area contributed by atoms with Gasteiger partial charge in [0.25, 0.3) is 5.91 Å². The third-order valence-corrected chi connectivity index (χ3v) is 4.21. The second-order valence-corrected chi connectivity index (χ2v) is 6.17. The van der Waals surface area contributed by atoms with Crippen LogP contribution >= 0.6 is 11.8 Å². The predicted molar refractivity (Wildman–Crippen MR) is 91.4 cm³/mol. The summed E-state index contributed by atoms with van der Waals surface area (Å²) in [6, 6.07) is 7.35. The van der Waals surface area contributed by atoms with Crippen molar-refractivity contribution in [1.29, 1.82) is 0 Å². The van der Waals surface area contributed by atoms with Crippen LogP contribution in [0.1, 0.15) is 12.5 Å². The lowest BCUT2D eigenvalue weighted by atomic mass is 10.1. The molecule has 7 nitrogen and oxygen atoms in total. The summed E-state index contributed by atoms with van der Waals surface area (Å²) in [5.74, 6) is -1.68. The predicted octanol–water partition coefficient (Wildman–Crippen LogP) is 1.83. The number of benzene rings is 1. The third kappa shape index (κ3) is 3.23. The minimum atomic E-state index is -0.947. The number of carboxylic acid groups (broad SMARTS) is 1. The number of fused-ring (bicyclic) bond motifs is 1. The number of carboxylic acids is 1. The summed E-state index contributed by atoms with van der Waals surface area (Å²) in [5, 5.41) is 12.6. The van der Waals surface area contributed by atoms with Crippen molar-refractivity contribution >= 4 is 51.7 Å². The average Bonchev–Trinajstić information content (AvgIpc) is 3.00. The Morgan fingerprint density at radius 1 is 1.38 bits per heavy atom. The van der Waals surface area contributed by atoms with Gasteiger partial charge < -0.3 is 15.0 Å². The van der Waals surface area contributed by atoms with Gasteiger partial charge in [-0.25, -0.2) is 0 Å². The SMILES string of the molecule is CC(=O)NC1=NC(=O)/C(=C/c2cn(CC(=O)O)c3ccccc23)S1. The molecule has 0 atom stereocenters. The standard InChI is InChI=1S/C16H13N3O4S/c1-9(20)17-16-18-15(23)13(24-16)6-10-7-19(8-14(21)22)12-5-3-2-4-11(10)12/h2-7H,8H2,1H3,(H,21,22)(H,17,18,20,23)/b13-6-. The summed E-state index contributed by atoms with van der Waals surface area (Å²) >= 11 is 1.08. The Balaban J connectivity index is 1.97. The second-order valence-electron chi connectivity index (χ2n) is 5.14. The molecule has 1 aromatic heterocycles. The number of aliphatic carboxylic acids is 1. The van der Waals surface area contributed by atoms with Crippen LogP contribution in [0, 0.1) is 0 Å². The Hall–Kier alpha value is -2.87. The van der Waals surface area contributed by atoms with E-state index in [0.29, 0.717) is 4.91 Å². The van der Waals surface area contributed by atoms with Crippen molar-refractivity contribution in [3.63, 3.8) is 0 Å². The maximum absolute atomic E-state index is 12.0. The van der Waals surface area contributed by atoms with Gasteiger partial charge in [-0.05, 0) is 23.9 Å². The number of hydrogen-bond donors (Lipinski definition) is 2. The fourth-order valence-electron chi connectivity index (χ4n) is 2.42. The first-order chi connectivity index (χ1) is 11.4. The van der Waals surface area contributed by atoms with Crippen LogP contribution in [-0.4, -0.2) is 32.6 Å². The van der Waals surface area contributed by atoms with E-state index in [9.17, 15) is 14.4 Å². The van der Waals surface area contributed by atoms with E-state index in [2.05, 4.69) is 10.3 Å². The summed E-state index contributed by atoms with van der Waals surface area (Å²) < 4.78 is 1.61. The van der Waals surface area contributed by atoms with Gasteiger partial charge in [0, 0.05) is 29.6 Å². The van der Waals surface area contributed by atoms with Crippen molar-refractivity contribution in [2.24, 2.45) is 4.99 Å². The molecule has 24 heavy (non-hydrogen) atoms. The van der Waals surface area contributed by atoms with Crippen LogP contribution < -0.4 is 5.32 Å². The van der Waals surface area contributed by atoms with E-state index >= 15 is 0 Å². The van der Waals surface area contributed by atoms with Gasteiger partial charge in [-0.15, -0.1) is 0 Å². The lowest BCUT2D eigenvalue weighted by molar-refractivity contribution is -0.137. The zero-order chi connectivity index (χ0) is 17.3. The van der Waals surface area contributed by atoms with Gasteiger partial charge >= 0.3 is 5.97 Å². The largest absolute Gasteiger partial charge is 0.480 e.